The van der Waals surface area contributed by atoms with Gasteiger partial charge in [-0.1, -0.05) is 30.3 Å². The van der Waals surface area contributed by atoms with Crippen molar-refractivity contribution in [2.24, 2.45) is 0 Å². The zero-order valence-electron chi connectivity index (χ0n) is 12.9. The van der Waals surface area contributed by atoms with Gasteiger partial charge in [0.2, 0.25) is 5.91 Å². The van der Waals surface area contributed by atoms with Gasteiger partial charge in [-0.25, -0.2) is 4.79 Å². The monoisotopic (exact) mass is 310 g/mol. The average molecular weight is 310 g/mol. The molecule has 2 aromatic rings. The van der Waals surface area contributed by atoms with E-state index in [9.17, 15) is 9.59 Å². The van der Waals surface area contributed by atoms with Crippen molar-refractivity contribution in [1.82, 2.24) is 4.90 Å². The van der Waals surface area contributed by atoms with Crippen molar-refractivity contribution in [3.8, 4) is 5.75 Å². The Morgan fingerprint density at radius 3 is 2.48 bits per heavy atom. The van der Waals surface area contributed by atoms with E-state index in [1.165, 1.54) is 4.90 Å². The van der Waals surface area contributed by atoms with Crippen LogP contribution in [0.25, 0.3) is 0 Å². The molecule has 1 aliphatic rings. The molecule has 1 N–H and O–H groups in total. The number of likely N-dealkylation sites (tertiary alicyclic amines) is 1. The van der Waals surface area contributed by atoms with Crippen LogP contribution < -0.4 is 10.1 Å². The number of hydrogen-bond acceptors (Lipinski definition) is 3. The van der Waals surface area contributed by atoms with Crippen LogP contribution in [0.5, 0.6) is 5.75 Å². The zero-order valence-corrected chi connectivity index (χ0v) is 12.9. The van der Waals surface area contributed by atoms with Crippen LogP contribution in [0.3, 0.4) is 0 Å². The molecule has 2 aromatic carbocycles. The fraction of sp³-hybridized carbons (Fsp3) is 0.222. The normalized spacial score (nSPS) is 16.7. The molecule has 118 valence electrons. The molecule has 5 heteroatoms. The highest BCUT2D eigenvalue weighted by Gasteiger charge is 2.40. The lowest BCUT2D eigenvalue weighted by atomic mass is 9.95. The third kappa shape index (κ3) is 3.34. The van der Waals surface area contributed by atoms with E-state index in [2.05, 4.69) is 5.32 Å². The Balaban J connectivity index is 1.64. The number of hydrogen-bond donors (Lipinski definition) is 1. The van der Waals surface area contributed by atoms with Crippen molar-refractivity contribution in [2.45, 2.75) is 18.9 Å². The first-order chi connectivity index (χ1) is 11.2. The summed E-state index contributed by atoms with van der Waals surface area (Å²) in [6.07, 6.45) is 1.09. The summed E-state index contributed by atoms with van der Waals surface area (Å²) in [5.41, 5.74) is 1.75. The minimum Gasteiger partial charge on any atom is -0.497 e. The van der Waals surface area contributed by atoms with Gasteiger partial charge in [0.1, 0.15) is 5.75 Å². The predicted octanol–water partition coefficient (Wildman–Crippen LogP) is 3.07. The number of nitrogens with one attached hydrogen (secondary N) is 1. The standard InChI is InChI=1S/C18H18N2O3/c1-23-16-9-7-14(8-10-16)19-18(22)20-15(12-17(20)21)11-13-5-3-2-4-6-13/h2-10,15H,11-12H2,1H3,(H,19,22)/t15-/m0/s1. The molecule has 3 rings (SSSR count). The summed E-state index contributed by atoms with van der Waals surface area (Å²) >= 11 is 0. The quantitative estimate of drug-likeness (QED) is 0.883. The summed E-state index contributed by atoms with van der Waals surface area (Å²) in [6.45, 7) is 0. The van der Waals surface area contributed by atoms with Gasteiger partial charge < -0.3 is 10.1 Å². The van der Waals surface area contributed by atoms with Crippen molar-refractivity contribution in [2.75, 3.05) is 12.4 Å². The minimum atomic E-state index is -0.382. The van der Waals surface area contributed by atoms with Gasteiger partial charge in [-0.15, -0.1) is 0 Å². The lowest BCUT2D eigenvalue weighted by Gasteiger charge is -2.38. The second kappa shape index (κ2) is 6.52. The van der Waals surface area contributed by atoms with Crippen molar-refractivity contribution in [1.29, 1.82) is 0 Å². The van der Waals surface area contributed by atoms with Crippen LogP contribution in [-0.2, 0) is 11.2 Å². The SMILES string of the molecule is COc1ccc(NC(=O)N2C(=O)C[C@@H]2Cc2ccccc2)cc1. The maximum atomic E-state index is 12.3. The van der Waals surface area contributed by atoms with Crippen molar-refractivity contribution in [3.63, 3.8) is 0 Å². The molecule has 0 radical (unpaired) electrons. The average Bonchev–Trinajstić information content (AvgIpc) is 2.55. The topological polar surface area (TPSA) is 58.6 Å². The molecule has 1 atom stereocenters. The van der Waals surface area contributed by atoms with Gasteiger partial charge >= 0.3 is 6.03 Å². The molecule has 0 aromatic heterocycles. The summed E-state index contributed by atoms with van der Waals surface area (Å²) in [6, 6.07) is 16.4. The Bertz CT molecular complexity index is 698. The molecule has 0 bridgehead atoms. The van der Waals surface area contributed by atoms with E-state index in [-0.39, 0.29) is 18.0 Å². The summed E-state index contributed by atoms with van der Waals surface area (Å²) < 4.78 is 5.08. The number of nitrogens with zero attached hydrogens (tertiary/aromatic N) is 1. The van der Waals surface area contributed by atoms with E-state index in [1.807, 2.05) is 30.3 Å². The van der Waals surface area contributed by atoms with Crippen LogP contribution in [0.4, 0.5) is 10.5 Å². The third-order valence-electron chi connectivity index (χ3n) is 3.92. The predicted molar refractivity (Wildman–Crippen MR) is 87.4 cm³/mol. The number of imide groups is 1. The van der Waals surface area contributed by atoms with E-state index in [1.54, 1.807) is 31.4 Å². The van der Waals surface area contributed by atoms with Crippen LogP contribution in [0.2, 0.25) is 0 Å². The maximum absolute atomic E-state index is 12.3. The first kappa shape index (κ1) is 15.1. The van der Waals surface area contributed by atoms with Gasteiger partial charge in [-0.3, -0.25) is 9.69 Å². The van der Waals surface area contributed by atoms with Gasteiger partial charge in [0, 0.05) is 12.1 Å². The first-order valence-electron chi connectivity index (χ1n) is 7.48. The van der Waals surface area contributed by atoms with Gasteiger partial charge in [0.05, 0.1) is 13.2 Å². The number of ether oxygens (including phenoxy) is 1. The lowest BCUT2D eigenvalue weighted by Crippen LogP contribution is -2.57. The number of methoxy groups -OCH3 is 1. The Morgan fingerprint density at radius 1 is 1.17 bits per heavy atom. The molecule has 1 saturated heterocycles. The molecule has 0 saturated carbocycles. The summed E-state index contributed by atoms with van der Waals surface area (Å²) in [7, 11) is 1.58. The van der Waals surface area contributed by atoms with E-state index in [0.717, 1.165) is 5.56 Å². The second-order valence-electron chi connectivity index (χ2n) is 5.47. The van der Waals surface area contributed by atoms with Gasteiger partial charge in [-0.05, 0) is 36.2 Å². The van der Waals surface area contributed by atoms with E-state index in [0.29, 0.717) is 24.3 Å². The fourth-order valence-corrected chi connectivity index (χ4v) is 2.67. The van der Waals surface area contributed by atoms with Crippen LogP contribution in [0, 0.1) is 0 Å². The summed E-state index contributed by atoms with van der Waals surface area (Å²) in [5.74, 6) is 0.571. The number of carbonyl (C=O) groups is 2. The summed E-state index contributed by atoms with van der Waals surface area (Å²) in [4.78, 5) is 25.4. The largest absolute Gasteiger partial charge is 0.497 e. The Labute approximate surface area is 134 Å². The Morgan fingerprint density at radius 2 is 1.87 bits per heavy atom. The number of carbonyl (C=O) groups excluding carboxylic acids is 2. The Kier molecular flexibility index (Phi) is 4.28. The molecule has 23 heavy (non-hydrogen) atoms. The van der Waals surface area contributed by atoms with Crippen molar-refractivity contribution < 1.29 is 14.3 Å². The molecule has 0 spiro atoms. The number of anilines is 1. The number of amides is 3. The number of benzene rings is 2. The van der Waals surface area contributed by atoms with Gasteiger partial charge in [0.25, 0.3) is 0 Å². The molecule has 3 amide bonds. The number of β-lactam (4-membered cyclic amide) rings is 1. The molecule has 5 nitrogen and oxygen atoms in total. The van der Waals surface area contributed by atoms with E-state index >= 15 is 0 Å². The highest BCUT2D eigenvalue weighted by molar-refractivity contribution is 6.05. The molecular formula is C18H18N2O3. The van der Waals surface area contributed by atoms with Gasteiger partial charge in [-0.2, -0.15) is 0 Å². The number of urea groups is 1. The lowest BCUT2D eigenvalue weighted by molar-refractivity contribution is -0.140. The van der Waals surface area contributed by atoms with Crippen LogP contribution >= 0.6 is 0 Å². The minimum absolute atomic E-state index is 0.0804. The van der Waals surface area contributed by atoms with Crippen LogP contribution in [0.15, 0.2) is 54.6 Å². The first-order valence-corrected chi connectivity index (χ1v) is 7.48. The third-order valence-corrected chi connectivity index (χ3v) is 3.92. The number of rotatable bonds is 4. The smallest absolute Gasteiger partial charge is 0.328 e. The van der Waals surface area contributed by atoms with E-state index in [4.69, 9.17) is 4.74 Å². The molecular weight excluding hydrogens is 292 g/mol. The van der Waals surface area contributed by atoms with E-state index < -0.39 is 0 Å². The molecule has 1 aliphatic heterocycles. The Hall–Kier alpha value is -2.82. The van der Waals surface area contributed by atoms with Crippen LogP contribution in [0.1, 0.15) is 12.0 Å². The maximum Gasteiger partial charge on any atom is 0.328 e. The van der Waals surface area contributed by atoms with Crippen LogP contribution in [-0.4, -0.2) is 30.0 Å². The highest BCUT2D eigenvalue weighted by Crippen LogP contribution is 2.25. The van der Waals surface area contributed by atoms with Crippen molar-refractivity contribution in [3.05, 3.63) is 60.2 Å². The fourth-order valence-electron chi connectivity index (χ4n) is 2.67. The second-order valence-corrected chi connectivity index (χ2v) is 5.47. The molecule has 0 aliphatic carbocycles. The summed E-state index contributed by atoms with van der Waals surface area (Å²) in [5, 5.41) is 2.75. The zero-order chi connectivity index (χ0) is 16.2. The molecule has 1 fully saturated rings. The molecule has 0 unspecified atom stereocenters. The van der Waals surface area contributed by atoms with Gasteiger partial charge in [0.15, 0.2) is 0 Å². The highest BCUT2D eigenvalue weighted by atomic mass is 16.5. The van der Waals surface area contributed by atoms with Crippen molar-refractivity contribution >= 4 is 17.6 Å². The molecule has 1 heterocycles.